The molecule has 0 aromatic carbocycles. The number of ether oxygens (including phenoxy) is 1. The van der Waals surface area contributed by atoms with Crippen LogP contribution >= 0.6 is 0 Å². The van der Waals surface area contributed by atoms with Crippen LogP contribution in [0.3, 0.4) is 0 Å². The first kappa shape index (κ1) is 17.7. The van der Waals surface area contributed by atoms with Gasteiger partial charge >= 0.3 is 18.0 Å². The largest absolute Gasteiger partial charge is 0.480 e. The molecule has 0 saturated carbocycles. The normalized spacial score (nSPS) is 11.3. The molecule has 0 heterocycles. The molecule has 9 nitrogen and oxygen atoms in total. The minimum absolute atomic E-state index is 0.00861. The Morgan fingerprint density at radius 1 is 1.35 bits per heavy atom. The zero-order valence-corrected chi connectivity index (χ0v) is 11.4. The Kier molecular flexibility index (Phi) is 7.71. The summed E-state index contributed by atoms with van der Waals surface area (Å²) in [6.07, 6.45) is -0.516. The molecule has 0 radical (unpaired) electrons. The van der Waals surface area contributed by atoms with Gasteiger partial charge < -0.3 is 25.8 Å². The first-order valence-electron chi connectivity index (χ1n) is 5.96. The molecule has 114 valence electrons. The molecule has 0 aliphatic heterocycles. The van der Waals surface area contributed by atoms with Crippen molar-refractivity contribution in [2.45, 2.75) is 25.8 Å². The maximum Gasteiger partial charge on any atom is 0.326 e. The van der Waals surface area contributed by atoms with Crippen LogP contribution in [0.2, 0.25) is 0 Å². The van der Waals surface area contributed by atoms with Gasteiger partial charge in [0.25, 0.3) is 0 Å². The zero-order chi connectivity index (χ0) is 15.7. The Hall–Kier alpha value is -2.32. The second-order valence-corrected chi connectivity index (χ2v) is 3.99. The number of amides is 3. The maximum atomic E-state index is 11.7. The van der Waals surface area contributed by atoms with E-state index in [0.29, 0.717) is 0 Å². The van der Waals surface area contributed by atoms with Crippen LogP contribution in [-0.4, -0.2) is 60.1 Å². The molecular weight excluding hydrogens is 270 g/mol. The van der Waals surface area contributed by atoms with Gasteiger partial charge in [0.15, 0.2) is 0 Å². The van der Waals surface area contributed by atoms with Crippen LogP contribution in [0.4, 0.5) is 4.79 Å². The Labute approximate surface area is 116 Å². The highest BCUT2D eigenvalue weighted by molar-refractivity contribution is 5.87. The summed E-state index contributed by atoms with van der Waals surface area (Å²) in [6.45, 7) is 1.97. The summed E-state index contributed by atoms with van der Waals surface area (Å²) in [5, 5.41) is 11.0. The average molecular weight is 289 g/mol. The third kappa shape index (κ3) is 7.19. The number of hydrogen-bond acceptors (Lipinski definition) is 5. The van der Waals surface area contributed by atoms with Gasteiger partial charge in [-0.05, 0) is 6.92 Å². The lowest BCUT2D eigenvalue weighted by molar-refractivity contribution is -0.143. The molecule has 0 bridgehead atoms. The average Bonchev–Trinajstić information content (AvgIpc) is 2.34. The number of carboxylic acid groups (broad SMARTS) is 1. The van der Waals surface area contributed by atoms with Crippen molar-refractivity contribution >= 4 is 23.9 Å². The Balaban J connectivity index is 4.31. The number of nitrogens with zero attached hydrogens (tertiary/aromatic N) is 1. The van der Waals surface area contributed by atoms with Crippen molar-refractivity contribution in [1.82, 2.24) is 10.2 Å². The molecule has 0 aromatic heterocycles. The number of nitrogens with one attached hydrogen (secondary N) is 1. The first-order valence-corrected chi connectivity index (χ1v) is 5.96. The quantitative estimate of drug-likeness (QED) is 0.485. The van der Waals surface area contributed by atoms with E-state index in [1.54, 1.807) is 6.92 Å². The molecule has 4 N–H and O–H groups in total. The molecule has 0 fully saturated rings. The van der Waals surface area contributed by atoms with E-state index < -0.39 is 36.3 Å². The molecule has 0 aliphatic rings. The smallest absolute Gasteiger partial charge is 0.326 e. The predicted octanol–water partition coefficient (Wildman–Crippen LogP) is -1.09. The number of carbonyl (C=O) groups is 4. The van der Waals surface area contributed by atoms with Crippen molar-refractivity contribution in [3.05, 3.63) is 0 Å². The van der Waals surface area contributed by atoms with E-state index in [0.717, 1.165) is 4.90 Å². The summed E-state index contributed by atoms with van der Waals surface area (Å²) < 4.78 is 4.69. The van der Waals surface area contributed by atoms with Crippen molar-refractivity contribution in [2.75, 3.05) is 20.2 Å². The minimum Gasteiger partial charge on any atom is -0.480 e. The molecule has 3 amide bonds. The molecule has 0 unspecified atom stereocenters. The van der Waals surface area contributed by atoms with Gasteiger partial charge in [-0.3, -0.25) is 9.59 Å². The van der Waals surface area contributed by atoms with Crippen LogP contribution in [0.15, 0.2) is 0 Å². The summed E-state index contributed by atoms with van der Waals surface area (Å²) >= 11 is 0. The van der Waals surface area contributed by atoms with Gasteiger partial charge in [-0.15, -0.1) is 0 Å². The fourth-order valence-electron chi connectivity index (χ4n) is 1.25. The molecule has 0 rings (SSSR count). The minimum atomic E-state index is -1.40. The van der Waals surface area contributed by atoms with Gasteiger partial charge in [-0.1, -0.05) is 0 Å². The first-order chi connectivity index (χ1) is 9.27. The summed E-state index contributed by atoms with van der Waals surface area (Å²) in [5.74, 6) is -2.66. The SMILES string of the molecule is CCOC(=O)CCN(C)C(=O)N[C@@H](CC(N)=O)C(=O)O. The van der Waals surface area contributed by atoms with Gasteiger partial charge in [0.1, 0.15) is 6.04 Å². The molecule has 20 heavy (non-hydrogen) atoms. The van der Waals surface area contributed by atoms with Crippen LogP contribution in [0.1, 0.15) is 19.8 Å². The number of nitrogens with two attached hydrogens (primary N) is 1. The number of primary amides is 1. The number of urea groups is 1. The van der Waals surface area contributed by atoms with Crippen LogP contribution in [0, 0.1) is 0 Å². The van der Waals surface area contributed by atoms with Gasteiger partial charge in [-0.2, -0.15) is 0 Å². The lowest BCUT2D eigenvalue weighted by Gasteiger charge is -2.20. The number of rotatable bonds is 8. The molecule has 9 heteroatoms. The van der Waals surface area contributed by atoms with E-state index in [1.807, 2.05) is 0 Å². The van der Waals surface area contributed by atoms with Crippen molar-refractivity contribution in [3.8, 4) is 0 Å². The van der Waals surface area contributed by atoms with Crippen LogP contribution in [0.25, 0.3) is 0 Å². The van der Waals surface area contributed by atoms with E-state index in [1.165, 1.54) is 7.05 Å². The monoisotopic (exact) mass is 289 g/mol. The molecule has 0 aromatic rings. The van der Waals surface area contributed by atoms with Crippen molar-refractivity contribution in [1.29, 1.82) is 0 Å². The third-order valence-corrected chi connectivity index (χ3v) is 2.30. The fourth-order valence-corrected chi connectivity index (χ4v) is 1.25. The van der Waals surface area contributed by atoms with Crippen LogP contribution < -0.4 is 11.1 Å². The molecule has 1 atom stereocenters. The number of esters is 1. The van der Waals surface area contributed by atoms with Gasteiger partial charge in [0.05, 0.1) is 19.4 Å². The van der Waals surface area contributed by atoms with Crippen molar-refractivity contribution in [2.24, 2.45) is 5.73 Å². The zero-order valence-electron chi connectivity index (χ0n) is 11.4. The van der Waals surface area contributed by atoms with Gasteiger partial charge in [0.2, 0.25) is 5.91 Å². The van der Waals surface area contributed by atoms with Crippen molar-refractivity contribution in [3.63, 3.8) is 0 Å². The Morgan fingerprint density at radius 2 is 1.95 bits per heavy atom. The topological polar surface area (TPSA) is 139 Å². The molecule has 0 saturated heterocycles. The third-order valence-electron chi connectivity index (χ3n) is 2.30. The molecular formula is C11H19N3O6. The predicted molar refractivity (Wildman–Crippen MR) is 67.6 cm³/mol. The van der Waals surface area contributed by atoms with E-state index in [-0.39, 0.29) is 19.6 Å². The fraction of sp³-hybridized carbons (Fsp3) is 0.636. The highest BCUT2D eigenvalue weighted by Gasteiger charge is 2.23. The number of carboxylic acids is 1. The summed E-state index contributed by atoms with van der Waals surface area (Å²) in [7, 11) is 1.39. The second kappa shape index (κ2) is 8.73. The van der Waals surface area contributed by atoms with Crippen LogP contribution in [-0.2, 0) is 19.1 Å². The lowest BCUT2D eigenvalue weighted by atomic mass is 10.2. The summed E-state index contributed by atoms with van der Waals surface area (Å²) in [5.41, 5.74) is 4.89. The number of carbonyl (C=O) groups excluding carboxylic acids is 3. The summed E-state index contributed by atoms with van der Waals surface area (Å²) in [6, 6.07) is -2.12. The molecule has 0 spiro atoms. The highest BCUT2D eigenvalue weighted by Crippen LogP contribution is 1.96. The van der Waals surface area contributed by atoms with Gasteiger partial charge in [0, 0.05) is 13.6 Å². The lowest BCUT2D eigenvalue weighted by Crippen LogP contribution is -2.48. The second-order valence-electron chi connectivity index (χ2n) is 3.99. The number of hydrogen-bond donors (Lipinski definition) is 3. The van der Waals surface area contributed by atoms with E-state index >= 15 is 0 Å². The van der Waals surface area contributed by atoms with Crippen molar-refractivity contribution < 1.29 is 29.0 Å². The van der Waals surface area contributed by atoms with E-state index in [9.17, 15) is 19.2 Å². The standard InChI is InChI=1S/C11H19N3O6/c1-3-20-9(16)4-5-14(2)11(19)13-7(10(17)18)6-8(12)15/h7H,3-6H2,1-2H3,(H2,12,15)(H,13,19)(H,17,18)/t7-/m0/s1. The van der Waals surface area contributed by atoms with Crippen LogP contribution in [0.5, 0.6) is 0 Å². The molecule has 0 aliphatic carbocycles. The Morgan fingerprint density at radius 3 is 2.40 bits per heavy atom. The summed E-state index contributed by atoms with van der Waals surface area (Å²) in [4.78, 5) is 45.4. The Bertz CT molecular complexity index is 384. The van der Waals surface area contributed by atoms with E-state index in [2.05, 4.69) is 5.32 Å². The van der Waals surface area contributed by atoms with Gasteiger partial charge in [-0.25, -0.2) is 9.59 Å². The highest BCUT2D eigenvalue weighted by atomic mass is 16.5. The van der Waals surface area contributed by atoms with E-state index in [4.69, 9.17) is 15.6 Å². The maximum absolute atomic E-state index is 11.7. The number of aliphatic carboxylic acids is 1.